The Balaban J connectivity index is 2.46. The summed E-state index contributed by atoms with van der Waals surface area (Å²) in [5.74, 6) is 0.554. The molecule has 104 valence electrons. The van der Waals surface area contributed by atoms with Crippen molar-refractivity contribution in [3.8, 4) is 17.9 Å². The van der Waals surface area contributed by atoms with E-state index >= 15 is 0 Å². The van der Waals surface area contributed by atoms with Gasteiger partial charge >= 0.3 is 0 Å². The van der Waals surface area contributed by atoms with Crippen LogP contribution in [0.1, 0.15) is 34.2 Å². The quantitative estimate of drug-likeness (QED) is 0.797. The normalized spacial score (nSPS) is 9.71. The molecule has 2 aromatic rings. The number of hydrogen-bond donors (Lipinski definition) is 0. The average Bonchev–Trinajstić information content (AvgIpc) is 2.88. The topological polar surface area (TPSA) is 91.7 Å². The van der Waals surface area contributed by atoms with Crippen molar-refractivity contribution >= 4 is 5.78 Å². The van der Waals surface area contributed by atoms with E-state index in [1.807, 2.05) is 12.1 Å². The van der Waals surface area contributed by atoms with E-state index in [1.54, 1.807) is 22.8 Å². The Morgan fingerprint density at radius 3 is 2.71 bits per heavy atom. The van der Waals surface area contributed by atoms with Crippen LogP contribution in [0, 0.1) is 22.7 Å². The van der Waals surface area contributed by atoms with Crippen molar-refractivity contribution in [2.45, 2.75) is 13.5 Å². The molecule has 21 heavy (non-hydrogen) atoms. The van der Waals surface area contributed by atoms with E-state index in [0.29, 0.717) is 17.9 Å². The van der Waals surface area contributed by atoms with Crippen molar-refractivity contribution in [3.05, 3.63) is 47.0 Å². The Labute approximate surface area is 121 Å². The molecular weight excluding hydrogens is 268 g/mol. The predicted octanol–water partition coefficient (Wildman–Crippen LogP) is 1.89. The summed E-state index contributed by atoms with van der Waals surface area (Å²) >= 11 is 0. The van der Waals surface area contributed by atoms with Crippen LogP contribution < -0.4 is 4.74 Å². The molecule has 0 amide bonds. The van der Waals surface area contributed by atoms with E-state index < -0.39 is 0 Å². The van der Waals surface area contributed by atoms with E-state index in [4.69, 9.17) is 15.3 Å². The van der Waals surface area contributed by atoms with Gasteiger partial charge in [-0.1, -0.05) is 0 Å². The predicted molar refractivity (Wildman–Crippen MR) is 73.8 cm³/mol. The molecular formula is C15H12N4O2. The molecule has 0 aliphatic carbocycles. The lowest BCUT2D eigenvalue weighted by Gasteiger charge is -2.11. The van der Waals surface area contributed by atoms with Crippen molar-refractivity contribution in [3.63, 3.8) is 0 Å². The van der Waals surface area contributed by atoms with Gasteiger partial charge in [-0.15, -0.1) is 0 Å². The molecule has 0 spiro atoms. The lowest BCUT2D eigenvalue weighted by Crippen LogP contribution is -2.05. The molecule has 0 aliphatic rings. The molecule has 1 aromatic carbocycles. The number of ether oxygens (including phenoxy) is 1. The number of rotatable bonds is 4. The van der Waals surface area contributed by atoms with E-state index in [-0.39, 0.29) is 17.2 Å². The van der Waals surface area contributed by atoms with Crippen molar-refractivity contribution in [2.24, 2.45) is 0 Å². The Bertz CT molecular complexity index is 778. The molecule has 2 rings (SSSR count). The van der Waals surface area contributed by atoms with Crippen LogP contribution in [-0.4, -0.2) is 22.4 Å². The maximum absolute atomic E-state index is 11.5. The van der Waals surface area contributed by atoms with Crippen LogP contribution in [0.25, 0.3) is 0 Å². The van der Waals surface area contributed by atoms with Gasteiger partial charge in [0.05, 0.1) is 20.0 Å². The number of carbonyl (C=O) groups is 1. The van der Waals surface area contributed by atoms with E-state index in [1.165, 1.54) is 20.4 Å². The highest BCUT2D eigenvalue weighted by molar-refractivity contribution is 5.94. The van der Waals surface area contributed by atoms with Gasteiger partial charge in [-0.05, 0) is 25.1 Å². The molecule has 0 saturated carbocycles. The SMILES string of the molecule is COc1ccc(C(C)=O)cc1Cn1cnc(C#N)c1C#N. The molecule has 0 aliphatic heterocycles. The first-order valence-electron chi connectivity index (χ1n) is 6.14. The zero-order chi connectivity index (χ0) is 15.4. The van der Waals surface area contributed by atoms with Crippen LogP contribution in [0.4, 0.5) is 0 Å². The summed E-state index contributed by atoms with van der Waals surface area (Å²) in [6, 6.07) is 8.94. The maximum Gasteiger partial charge on any atom is 0.176 e. The molecule has 0 atom stereocenters. The van der Waals surface area contributed by atoms with Gasteiger partial charge in [0.25, 0.3) is 0 Å². The highest BCUT2D eigenvalue weighted by Gasteiger charge is 2.13. The lowest BCUT2D eigenvalue weighted by molar-refractivity contribution is 0.101. The number of ketones is 1. The summed E-state index contributed by atoms with van der Waals surface area (Å²) in [6.45, 7) is 1.78. The Morgan fingerprint density at radius 1 is 1.38 bits per heavy atom. The second-order valence-electron chi connectivity index (χ2n) is 4.38. The van der Waals surface area contributed by atoms with E-state index in [2.05, 4.69) is 4.98 Å². The molecule has 0 bridgehead atoms. The molecule has 0 saturated heterocycles. The number of methoxy groups -OCH3 is 1. The van der Waals surface area contributed by atoms with Crippen LogP contribution in [0.2, 0.25) is 0 Å². The van der Waals surface area contributed by atoms with Crippen molar-refractivity contribution in [1.82, 2.24) is 9.55 Å². The largest absolute Gasteiger partial charge is 0.496 e. The van der Waals surface area contributed by atoms with Crippen molar-refractivity contribution in [2.75, 3.05) is 7.11 Å². The summed E-state index contributed by atoms with van der Waals surface area (Å²) in [6.07, 6.45) is 1.43. The summed E-state index contributed by atoms with van der Waals surface area (Å²) in [4.78, 5) is 15.4. The van der Waals surface area contributed by atoms with Gasteiger partial charge in [-0.2, -0.15) is 10.5 Å². The molecule has 1 aromatic heterocycles. The summed E-state index contributed by atoms with van der Waals surface area (Å²) < 4.78 is 6.82. The number of imidazole rings is 1. The van der Waals surface area contributed by atoms with Crippen LogP contribution in [0.15, 0.2) is 24.5 Å². The fourth-order valence-electron chi connectivity index (χ4n) is 2.01. The standard InChI is InChI=1S/C15H12N4O2/c1-10(20)11-3-4-15(21-2)12(5-11)8-19-9-18-13(6-16)14(19)7-17/h3-5,9H,8H2,1-2H3. The minimum atomic E-state index is -0.0530. The minimum Gasteiger partial charge on any atom is -0.496 e. The second-order valence-corrected chi connectivity index (χ2v) is 4.38. The van der Waals surface area contributed by atoms with Gasteiger partial charge in [-0.25, -0.2) is 4.98 Å². The smallest absolute Gasteiger partial charge is 0.176 e. The fourth-order valence-corrected chi connectivity index (χ4v) is 2.01. The van der Waals surface area contributed by atoms with Crippen LogP contribution >= 0.6 is 0 Å². The third-order valence-corrected chi connectivity index (χ3v) is 3.08. The van der Waals surface area contributed by atoms with Crippen molar-refractivity contribution < 1.29 is 9.53 Å². The molecule has 1 heterocycles. The monoisotopic (exact) mass is 280 g/mol. The molecule has 6 heteroatoms. The first-order valence-corrected chi connectivity index (χ1v) is 6.14. The number of benzene rings is 1. The number of nitrogens with zero attached hydrogens (tertiary/aromatic N) is 4. The van der Waals surface area contributed by atoms with E-state index in [0.717, 1.165) is 5.56 Å². The lowest BCUT2D eigenvalue weighted by atomic mass is 10.1. The highest BCUT2D eigenvalue weighted by atomic mass is 16.5. The van der Waals surface area contributed by atoms with Crippen LogP contribution in [0.3, 0.4) is 0 Å². The van der Waals surface area contributed by atoms with Crippen LogP contribution in [0.5, 0.6) is 5.75 Å². The number of Topliss-reactive ketones (excluding diaryl/α,β-unsaturated/α-hetero) is 1. The highest BCUT2D eigenvalue weighted by Crippen LogP contribution is 2.22. The Kier molecular flexibility index (Phi) is 4.01. The Morgan fingerprint density at radius 2 is 2.14 bits per heavy atom. The summed E-state index contributed by atoms with van der Waals surface area (Å²) in [5, 5.41) is 18.0. The van der Waals surface area contributed by atoms with Gasteiger partial charge in [-0.3, -0.25) is 4.79 Å². The van der Waals surface area contributed by atoms with Gasteiger partial charge in [0.15, 0.2) is 17.2 Å². The van der Waals surface area contributed by atoms with Crippen molar-refractivity contribution in [1.29, 1.82) is 10.5 Å². The molecule has 0 radical (unpaired) electrons. The number of carbonyl (C=O) groups excluding carboxylic acids is 1. The first kappa shape index (κ1) is 14.3. The molecule has 6 nitrogen and oxygen atoms in total. The minimum absolute atomic E-state index is 0.0530. The zero-order valence-corrected chi connectivity index (χ0v) is 11.6. The zero-order valence-electron chi connectivity index (χ0n) is 11.6. The van der Waals surface area contributed by atoms with Gasteiger partial charge in [0.1, 0.15) is 17.9 Å². The molecule has 0 unspecified atom stereocenters. The maximum atomic E-state index is 11.5. The number of aromatic nitrogens is 2. The second kappa shape index (κ2) is 5.89. The fraction of sp³-hybridized carbons (Fsp3) is 0.200. The van der Waals surface area contributed by atoms with Gasteiger partial charge in [0.2, 0.25) is 0 Å². The van der Waals surface area contributed by atoms with Gasteiger partial charge in [0, 0.05) is 11.1 Å². The summed E-state index contributed by atoms with van der Waals surface area (Å²) in [7, 11) is 1.53. The third kappa shape index (κ3) is 2.75. The first-order chi connectivity index (χ1) is 10.1. The van der Waals surface area contributed by atoms with E-state index in [9.17, 15) is 4.79 Å². The number of hydrogen-bond acceptors (Lipinski definition) is 5. The number of nitriles is 2. The molecule has 0 fully saturated rings. The van der Waals surface area contributed by atoms with Crippen LogP contribution in [-0.2, 0) is 6.54 Å². The third-order valence-electron chi connectivity index (χ3n) is 3.08. The summed E-state index contributed by atoms with van der Waals surface area (Å²) in [5.41, 5.74) is 1.57. The average molecular weight is 280 g/mol. The van der Waals surface area contributed by atoms with Gasteiger partial charge < -0.3 is 9.30 Å². The Hall–Kier alpha value is -3.12. The molecule has 0 N–H and O–H groups in total.